The van der Waals surface area contributed by atoms with Crippen molar-refractivity contribution >= 4 is 60.7 Å². The summed E-state index contributed by atoms with van der Waals surface area (Å²) in [6.45, 7) is 1.75. The lowest BCUT2D eigenvalue weighted by Gasteiger charge is -2.09. The first kappa shape index (κ1) is 25.5. The molecule has 1 aromatic heterocycles. The van der Waals surface area contributed by atoms with Crippen LogP contribution in [-0.4, -0.2) is 31.5 Å². The zero-order valence-electron chi connectivity index (χ0n) is 18.8. The van der Waals surface area contributed by atoms with E-state index in [0.29, 0.717) is 10.5 Å². The molecule has 1 N–H and O–H groups in total. The van der Waals surface area contributed by atoms with Gasteiger partial charge < -0.3 is 9.30 Å². The number of esters is 1. The number of fused-ring (bicyclic) bond motifs is 1. The number of hydrogen-bond acceptors (Lipinski definition) is 6. The van der Waals surface area contributed by atoms with E-state index < -0.39 is 27.7 Å². The number of halogens is 2. The van der Waals surface area contributed by atoms with E-state index >= 15 is 0 Å². The lowest BCUT2D eigenvalue weighted by atomic mass is 10.2. The zero-order chi connectivity index (χ0) is 25.9. The number of anilines is 1. The Kier molecular flexibility index (Phi) is 7.53. The van der Waals surface area contributed by atoms with Gasteiger partial charge in [0.05, 0.1) is 21.7 Å². The van der Waals surface area contributed by atoms with Crippen LogP contribution in [-0.2, 0) is 26.1 Å². The lowest BCUT2D eigenvalue weighted by molar-refractivity contribution is -0.143. The van der Waals surface area contributed by atoms with Crippen molar-refractivity contribution in [3.05, 3.63) is 87.9 Å². The number of nitrogens with one attached hydrogen (secondary N) is 1. The monoisotopic (exact) mass is 547 g/mol. The fourth-order valence-electron chi connectivity index (χ4n) is 3.32. The van der Waals surface area contributed by atoms with Gasteiger partial charge in [-0.1, -0.05) is 29.0 Å². The second-order valence-electron chi connectivity index (χ2n) is 7.45. The van der Waals surface area contributed by atoms with Gasteiger partial charge in [-0.2, -0.15) is 4.99 Å². The summed E-state index contributed by atoms with van der Waals surface area (Å²) in [4.78, 5) is 29.5. The summed E-state index contributed by atoms with van der Waals surface area (Å²) >= 11 is 7.27. The lowest BCUT2D eigenvalue weighted by Crippen LogP contribution is -2.23. The van der Waals surface area contributed by atoms with Crippen LogP contribution in [0.2, 0.25) is 5.02 Å². The third-order valence-electron chi connectivity index (χ3n) is 4.92. The summed E-state index contributed by atoms with van der Waals surface area (Å²) in [5, 5.41) is 0.492. The summed E-state index contributed by atoms with van der Waals surface area (Å²) < 4.78 is 48.1. The van der Waals surface area contributed by atoms with Gasteiger partial charge in [0.15, 0.2) is 4.80 Å². The summed E-state index contributed by atoms with van der Waals surface area (Å²) in [7, 11) is -4.00. The molecule has 0 spiro atoms. The van der Waals surface area contributed by atoms with E-state index in [1.807, 2.05) is 0 Å². The molecule has 0 fully saturated rings. The third kappa shape index (κ3) is 5.81. The van der Waals surface area contributed by atoms with Gasteiger partial charge in [-0.3, -0.25) is 14.3 Å². The normalized spacial score (nSPS) is 12.0. The van der Waals surface area contributed by atoms with E-state index in [2.05, 4.69) is 9.71 Å². The molecule has 36 heavy (non-hydrogen) atoms. The molecule has 0 bridgehead atoms. The van der Waals surface area contributed by atoms with E-state index in [9.17, 15) is 22.4 Å². The zero-order valence-corrected chi connectivity index (χ0v) is 21.2. The van der Waals surface area contributed by atoms with Crippen LogP contribution in [0.15, 0.2) is 76.6 Å². The Labute approximate surface area is 214 Å². The number of nitrogens with zero attached hydrogens (tertiary/aromatic N) is 2. The molecule has 8 nitrogen and oxygen atoms in total. The Morgan fingerprint density at radius 3 is 2.58 bits per heavy atom. The van der Waals surface area contributed by atoms with E-state index in [-0.39, 0.29) is 34.1 Å². The number of carbonyl (C=O) groups is 2. The number of ether oxygens (including phenoxy) is 1. The average Bonchev–Trinajstić information content (AvgIpc) is 3.15. The molecule has 0 atom stereocenters. The topological polar surface area (TPSA) is 107 Å². The Bertz CT molecular complexity index is 1630. The van der Waals surface area contributed by atoms with Crippen LogP contribution in [0.4, 0.5) is 10.1 Å². The molecule has 0 aliphatic rings. The molecule has 0 unspecified atom stereocenters. The molecule has 0 aliphatic heterocycles. The molecule has 1 heterocycles. The Hall–Kier alpha value is -3.54. The average molecular weight is 548 g/mol. The first-order chi connectivity index (χ1) is 17.2. The van der Waals surface area contributed by atoms with Gasteiger partial charge in [0.2, 0.25) is 0 Å². The number of amides is 1. The van der Waals surface area contributed by atoms with Crippen molar-refractivity contribution in [2.45, 2.75) is 18.4 Å². The van der Waals surface area contributed by atoms with Gasteiger partial charge in [0, 0.05) is 16.3 Å². The number of sulfonamides is 1. The molecular formula is C24H19ClFN3O5S2. The maximum atomic E-state index is 13.2. The summed E-state index contributed by atoms with van der Waals surface area (Å²) in [6.07, 6.45) is 0. The highest BCUT2D eigenvalue weighted by molar-refractivity contribution is 7.92. The second kappa shape index (κ2) is 10.6. The van der Waals surface area contributed by atoms with Gasteiger partial charge in [0.1, 0.15) is 12.4 Å². The number of aromatic nitrogens is 1. The molecule has 3 aromatic carbocycles. The minimum Gasteiger partial charge on any atom is -0.465 e. The third-order valence-corrected chi connectivity index (χ3v) is 7.59. The predicted molar refractivity (Wildman–Crippen MR) is 135 cm³/mol. The molecule has 0 radical (unpaired) electrons. The smallest absolute Gasteiger partial charge is 0.326 e. The SMILES string of the molecule is CCOC(=O)Cn1c(=NC(=O)c2cccc(NS(=O)(=O)c3ccc(F)cc3)c2)sc2cc(Cl)ccc21. The maximum Gasteiger partial charge on any atom is 0.326 e. The van der Waals surface area contributed by atoms with Crippen molar-refractivity contribution in [1.82, 2.24) is 4.57 Å². The fourth-order valence-corrected chi connectivity index (χ4v) is 5.67. The van der Waals surface area contributed by atoms with E-state index in [4.69, 9.17) is 16.3 Å². The van der Waals surface area contributed by atoms with Gasteiger partial charge in [-0.05, 0) is 67.6 Å². The molecule has 186 valence electrons. The highest BCUT2D eigenvalue weighted by Crippen LogP contribution is 2.23. The molecule has 12 heteroatoms. The molecule has 0 aliphatic carbocycles. The van der Waals surface area contributed by atoms with Crippen molar-refractivity contribution in [1.29, 1.82) is 0 Å². The first-order valence-electron chi connectivity index (χ1n) is 10.6. The maximum absolute atomic E-state index is 13.2. The minimum atomic E-state index is -4.00. The van der Waals surface area contributed by atoms with Crippen molar-refractivity contribution in [3.8, 4) is 0 Å². The van der Waals surface area contributed by atoms with Crippen LogP contribution in [0.1, 0.15) is 17.3 Å². The molecule has 1 amide bonds. The largest absolute Gasteiger partial charge is 0.465 e. The molecule has 4 aromatic rings. The standard InChI is InChI=1S/C24H19ClFN3O5S2/c1-2-34-22(30)14-29-20-11-6-16(25)13-21(20)35-24(29)27-23(31)15-4-3-5-18(12-15)28-36(32,33)19-9-7-17(26)8-10-19/h3-13,28H,2,14H2,1H3. The fraction of sp³-hybridized carbons (Fsp3) is 0.125. The summed E-state index contributed by atoms with van der Waals surface area (Å²) in [6, 6.07) is 15.3. The number of thiazole rings is 1. The van der Waals surface area contributed by atoms with Gasteiger partial charge in [-0.25, -0.2) is 12.8 Å². The Morgan fingerprint density at radius 2 is 1.86 bits per heavy atom. The first-order valence-corrected chi connectivity index (χ1v) is 13.3. The summed E-state index contributed by atoms with van der Waals surface area (Å²) in [5.74, 6) is -1.70. The van der Waals surface area contributed by atoms with E-state index in [0.717, 1.165) is 29.0 Å². The van der Waals surface area contributed by atoms with Gasteiger partial charge in [0.25, 0.3) is 15.9 Å². The highest BCUT2D eigenvalue weighted by atomic mass is 35.5. The van der Waals surface area contributed by atoms with Gasteiger partial charge >= 0.3 is 5.97 Å². The van der Waals surface area contributed by atoms with Crippen LogP contribution in [0.5, 0.6) is 0 Å². The van der Waals surface area contributed by atoms with Crippen LogP contribution in [0.3, 0.4) is 0 Å². The molecule has 4 rings (SSSR count). The number of benzene rings is 3. The Morgan fingerprint density at radius 1 is 1.11 bits per heavy atom. The number of rotatable bonds is 7. The van der Waals surface area contributed by atoms with Crippen molar-refractivity contribution in [2.75, 3.05) is 11.3 Å². The molecule has 0 saturated carbocycles. The molecular weight excluding hydrogens is 529 g/mol. The van der Waals surface area contributed by atoms with Crippen LogP contribution >= 0.6 is 22.9 Å². The number of hydrogen-bond donors (Lipinski definition) is 1. The van der Waals surface area contributed by atoms with Crippen LogP contribution < -0.4 is 9.52 Å². The highest BCUT2D eigenvalue weighted by Gasteiger charge is 2.16. The second-order valence-corrected chi connectivity index (χ2v) is 10.6. The van der Waals surface area contributed by atoms with Crippen LogP contribution in [0, 0.1) is 5.82 Å². The van der Waals surface area contributed by atoms with E-state index in [1.54, 1.807) is 29.7 Å². The minimum absolute atomic E-state index is 0.118. The van der Waals surface area contributed by atoms with Crippen molar-refractivity contribution < 1.29 is 27.1 Å². The van der Waals surface area contributed by atoms with Crippen molar-refractivity contribution in [2.24, 2.45) is 4.99 Å². The van der Waals surface area contributed by atoms with Gasteiger partial charge in [-0.15, -0.1) is 0 Å². The Balaban J connectivity index is 1.68. The molecule has 0 saturated heterocycles. The van der Waals surface area contributed by atoms with Crippen molar-refractivity contribution in [3.63, 3.8) is 0 Å². The summed E-state index contributed by atoms with van der Waals surface area (Å²) in [5.41, 5.74) is 0.903. The van der Waals surface area contributed by atoms with E-state index in [1.165, 1.54) is 35.6 Å². The van der Waals surface area contributed by atoms with Crippen LogP contribution in [0.25, 0.3) is 10.2 Å². The predicted octanol–water partition coefficient (Wildman–Crippen LogP) is 4.60. The number of carbonyl (C=O) groups excluding carboxylic acids is 2. The quantitative estimate of drug-likeness (QED) is 0.340.